The Morgan fingerprint density at radius 2 is 1.85 bits per heavy atom. The number of nitrogens with zero attached hydrogens (tertiary/aromatic N) is 3. The summed E-state index contributed by atoms with van der Waals surface area (Å²) in [5.74, 6) is -0.791. The van der Waals surface area contributed by atoms with Crippen molar-refractivity contribution in [1.29, 1.82) is 0 Å². The van der Waals surface area contributed by atoms with Gasteiger partial charge in [0.25, 0.3) is 10.0 Å². The number of halogens is 1. The summed E-state index contributed by atoms with van der Waals surface area (Å²) in [5, 5.41) is 2.82. The summed E-state index contributed by atoms with van der Waals surface area (Å²) in [6, 6.07) is 13.1. The number of amides is 2. The van der Waals surface area contributed by atoms with Crippen LogP contribution in [0.25, 0.3) is 11.3 Å². The highest BCUT2D eigenvalue weighted by molar-refractivity contribution is 7.90. The van der Waals surface area contributed by atoms with Gasteiger partial charge in [-0.3, -0.25) is 9.69 Å². The van der Waals surface area contributed by atoms with Gasteiger partial charge >= 0.3 is 6.09 Å². The number of ether oxygens (including phenoxy) is 1. The van der Waals surface area contributed by atoms with E-state index in [0.717, 1.165) is 23.4 Å². The van der Waals surface area contributed by atoms with Crippen LogP contribution in [0.15, 0.2) is 65.7 Å². The van der Waals surface area contributed by atoms with E-state index >= 15 is 0 Å². The summed E-state index contributed by atoms with van der Waals surface area (Å²) < 4.78 is 49.1. The second-order valence-corrected chi connectivity index (χ2v) is 12.8. The van der Waals surface area contributed by atoms with E-state index in [0.29, 0.717) is 11.3 Å². The normalized spacial score (nSPS) is 16.1. The molecule has 3 aromatic rings. The molecule has 11 heteroatoms. The van der Waals surface area contributed by atoms with Crippen LogP contribution in [0.2, 0.25) is 0 Å². The van der Waals surface area contributed by atoms with Crippen molar-refractivity contribution in [3.63, 3.8) is 0 Å². The highest BCUT2D eigenvalue weighted by Crippen LogP contribution is 2.30. The van der Waals surface area contributed by atoms with Gasteiger partial charge in [-0.15, -0.1) is 0 Å². The first-order valence-corrected chi connectivity index (χ1v) is 14.5. The van der Waals surface area contributed by atoms with E-state index in [4.69, 9.17) is 4.74 Å². The number of anilines is 1. The Bertz CT molecular complexity index is 1510. The van der Waals surface area contributed by atoms with Crippen molar-refractivity contribution >= 4 is 27.7 Å². The zero-order valence-corrected chi connectivity index (χ0v) is 24.2. The van der Waals surface area contributed by atoms with Crippen molar-refractivity contribution in [2.45, 2.75) is 56.7 Å². The van der Waals surface area contributed by atoms with Crippen molar-refractivity contribution < 1.29 is 27.1 Å². The summed E-state index contributed by atoms with van der Waals surface area (Å²) in [6.45, 7) is 6.11. The maximum Gasteiger partial charge on any atom is 0.410 e. The molecule has 0 aliphatic carbocycles. The summed E-state index contributed by atoms with van der Waals surface area (Å²) in [5.41, 5.74) is 0.297. The Labute approximate surface area is 234 Å². The van der Waals surface area contributed by atoms with E-state index in [1.807, 2.05) is 11.9 Å². The Hall–Kier alpha value is -3.70. The molecule has 1 fully saturated rings. The number of likely N-dealkylation sites (N-methyl/N-ethyl adjacent to an activating group) is 1. The molecule has 2 heterocycles. The molecule has 0 radical (unpaired) electrons. The fourth-order valence-corrected chi connectivity index (χ4v) is 6.08. The lowest BCUT2D eigenvalue weighted by atomic mass is 10.1. The van der Waals surface area contributed by atoms with Gasteiger partial charge in [0.2, 0.25) is 5.91 Å². The molecule has 1 aliphatic rings. The minimum Gasteiger partial charge on any atom is -0.444 e. The predicted octanol–water partition coefficient (Wildman–Crippen LogP) is 4.93. The fourth-order valence-electron chi connectivity index (χ4n) is 4.64. The number of carbonyl (C=O) groups excluding carboxylic acids is 2. The van der Waals surface area contributed by atoms with Crippen LogP contribution < -0.4 is 5.32 Å². The topological polar surface area (TPSA) is 101 Å². The van der Waals surface area contributed by atoms with Crippen molar-refractivity contribution in [2.24, 2.45) is 0 Å². The van der Waals surface area contributed by atoms with Crippen molar-refractivity contribution in [1.82, 2.24) is 13.8 Å². The number of benzene rings is 2. The summed E-state index contributed by atoms with van der Waals surface area (Å²) in [7, 11) is -0.814. The zero-order chi connectivity index (χ0) is 29.2. The van der Waals surface area contributed by atoms with Crippen LogP contribution in [0, 0.1) is 5.82 Å². The number of aromatic nitrogens is 1. The van der Waals surface area contributed by atoms with Crippen LogP contribution in [0.3, 0.4) is 0 Å². The Kier molecular flexibility index (Phi) is 8.36. The molecule has 2 amide bonds. The van der Waals surface area contributed by atoms with Gasteiger partial charge in [0.1, 0.15) is 11.4 Å². The van der Waals surface area contributed by atoms with Crippen LogP contribution in [0.4, 0.5) is 14.9 Å². The van der Waals surface area contributed by atoms with Gasteiger partial charge in [-0.1, -0.05) is 18.2 Å². The zero-order valence-electron chi connectivity index (χ0n) is 23.3. The van der Waals surface area contributed by atoms with Crippen molar-refractivity contribution in [2.75, 3.05) is 26.0 Å². The molecule has 1 aromatic heterocycles. The van der Waals surface area contributed by atoms with E-state index in [9.17, 15) is 22.4 Å². The molecule has 214 valence electrons. The van der Waals surface area contributed by atoms with Crippen LogP contribution in [-0.2, 0) is 26.1 Å². The van der Waals surface area contributed by atoms with Crippen LogP contribution in [0.5, 0.6) is 0 Å². The predicted molar refractivity (Wildman–Crippen MR) is 151 cm³/mol. The van der Waals surface area contributed by atoms with Crippen LogP contribution in [-0.4, -0.2) is 66.5 Å². The standard InChI is InChI=1S/C29H35FN4O5S/c1-29(2,3)39-28(36)33(5)18-20-16-26(23-12-6-7-13-24(23)30)34(19-20)40(37,38)22-11-8-10-21(17-22)31-27(35)25-14-9-15-32(25)4/h6-8,10-13,16-17,19,25H,9,14-15,18H2,1-5H3,(H,31,35). The minimum atomic E-state index is -4.23. The first-order chi connectivity index (χ1) is 18.8. The Balaban J connectivity index is 1.69. The summed E-state index contributed by atoms with van der Waals surface area (Å²) in [4.78, 5) is 28.5. The second kappa shape index (κ2) is 11.4. The van der Waals surface area contributed by atoms with E-state index in [1.165, 1.54) is 48.5 Å². The average Bonchev–Trinajstić information content (AvgIpc) is 3.50. The maximum absolute atomic E-state index is 14.9. The highest BCUT2D eigenvalue weighted by Gasteiger charge is 2.29. The number of nitrogens with one attached hydrogen (secondary N) is 1. The smallest absolute Gasteiger partial charge is 0.410 e. The van der Waals surface area contributed by atoms with Gasteiger partial charge in [-0.2, -0.15) is 0 Å². The van der Waals surface area contributed by atoms with Gasteiger partial charge in [0.15, 0.2) is 0 Å². The number of carbonyl (C=O) groups is 2. The van der Waals surface area contributed by atoms with Crippen molar-refractivity contribution in [3.05, 3.63) is 72.2 Å². The fraction of sp³-hybridized carbons (Fsp3) is 0.379. The molecule has 40 heavy (non-hydrogen) atoms. The first kappa shape index (κ1) is 29.3. The molecule has 1 aliphatic heterocycles. The lowest BCUT2D eigenvalue weighted by Gasteiger charge is -2.24. The molecular formula is C29H35FN4O5S. The van der Waals surface area contributed by atoms with Crippen LogP contribution in [0.1, 0.15) is 39.2 Å². The van der Waals surface area contributed by atoms with Gasteiger partial charge in [0.05, 0.1) is 23.2 Å². The largest absolute Gasteiger partial charge is 0.444 e. The molecule has 0 bridgehead atoms. The van der Waals surface area contributed by atoms with E-state index in [2.05, 4.69) is 5.32 Å². The second-order valence-electron chi connectivity index (χ2n) is 11.0. The highest BCUT2D eigenvalue weighted by atomic mass is 32.2. The molecule has 1 saturated heterocycles. The van der Waals surface area contributed by atoms with Gasteiger partial charge < -0.3 is 15.0 Å². The summed E-state index contributed by atoms with van der Waals surface area (Å²) >= 11 is 0. The van der Waals surface area contributed by atoms with Gasteiger partial charge in [0, 0.05) is 24.5 Å². The molecule has 1 N–H and O–H groups in total. The van der Waals surface area contributed by atoms with E-state index in [-0.39, 0.29) is 34.6 Å². The molecule has 2 aromatic carbocycles. The van der Waals surface area contributed by atoms with Gasteiger partial charge in [-0.05, 0) is 89.2 Å². The number of hydrogen-bond donors (Lipinski definition) is 1. The minimum absolute atomic E-state index is 0.0316. The molecule has 0 saturated carbocycles. The van der Waals surface area contributed by atoms with E-state index in [1.54, 1.807) is 45.0 Å². The number of likely N-dealkylation sites (tertiary alicyclic amines) is 1. The average molecular weight is 571 g/mol. The third kappa shape index (κ3) is 6.53. The molecule has 4 rings (SSSR count). The lowest BCUT2D eigenvalue weighted by molar-refractivity contribution is -0.119. The number of rotatable bonds is 7. The Morgan fingerprint density at radius 1 is 1.12 bits per heavy atom. The molecule has 1 atom stereocenters. The third-order valence-corrected chi connectivity index (χ3v) is 8.27. The van der Waals surface area contributed by atoms with Gasteiger partial charge in [-0.25, -0.2) is 21.6 Å². The first-order valence-electron chi connectivity index (χ1n) is 13.0. The molecule has 1 unspecified atom stereocenters. The van der Waals surface area contributed by atoms with Crippen LogP contribution >= 0.6 is 0 Å². The quantitative estimate of drug-likeness (QED) is 0.432. The monoisotopic (exact) mass is 570 g/mol. The Morgan fingerprint density at radius 3 is 2.50 bits per heavy atom. The molecule has 0 spiro atoms. The lowest BCUT2D eigenvalue weighted by Crippen LogP contribution is -2.37. The SMILES string of the molecule is CN(Cc1cc(-c2ccccc2F)n(S(=O)(=O)c2cccc(NC(=O)C3CCCN3C)c2)c1)C(=O)OC(C)(C)C. The molecule has 9 nitrogen and oxygen atoms in total. The maximum atomic E-state index is 14.9. The molecular weight excluding hydrogens is 535 g/mol. The van der Waals surface area contributed by atoms with E-state index < -0.39 is 27.5 Å². The summed E-state index contributed by atoms with van der Waals surface area (Å²) in [6.07, 6.45) is 2.44. The number of hydrogen-bond acceptors (Lipinski definition) is 6. The third-order valence-electron chi connectivity index (χ3n) is 6.60. The van der Waals surface area contributed by atoms with Crippen molar-refractivity contribution in [3.8, 4) is 11.3 Å².